The van der Waals surface area contributed by atoms with Gasteiger partial charge in [0.15, 0.2) is 0 Å². The average Bonchev–Trinajstić information content (AvgIpc) is 2.28. The quantitative estimate of drug-likeness (QED) is 0.420. The van der Waals surface area contributed by atoms with Crippen LogP contribution in [-0.4, -0.2) is 36.9 Å². The van der Waals surface area contributed by atoms with Crippen LogP contribution in [0.15, 0.2) is 0 Å². The molecule has 0 heterocycles. The van der Waals surface area contributed by atoms with Gasteiger partial charge in [-0.05, 0) is 6.42 Å². The second-order valence-corrected chi connectivity index (χ2v) is 8.34. The van der Waals surface area contributed by atoms with Gasteiger partial charge >= 0.3 is 0 Å². The standard InChI is InChI=1S/C12H26O6S2/c1-2-3-4-5-6-7-8-9-10-12(20(16,17)18)11-19(13,14)15/h12H,2-11H2,1H3,(H,13,14,15)(H,16,17,18). The summed E-state index contributed by atoms with van der Waals surface area (Å²) in [7, 11) is -8.85. The number of rotatable bonds is 12. The molecule has 1 unspecified atom stereocenters. The van der Waals surface area contributed by atoms with Crippen LogP contribution in [-0.2, 0) is 20.2 Å². The van der Waals surface area contributed by atoms with E-state index in [1.165, 1.54) is 19.3 Å². The van der Waals surface area contributed by atoms with Gasteiger partial charge in [0.2, 0.25) is 0 Å². The molecule has 2 N–H and O–H groups in total. The predicted molar refractivity (Wildman–Crippen MR) is 79.0 cm³/mol. The average molecular weight is 330 g/mol. The van der Waals surface area contributed by atoms with Gasteiger partial charge in [0, 0.05) is 0 Å². The Morgan fingerprint density at radius 1 is 0.800 bits per heavy atom. The number of unbranched alkanes of at least 4 members (excludes halogenated alkanes) is 7. The fraction of sp³-hybridized carbons (Fsp3) is 1.00. The van der Waals surface area contributed by atoms with Crippen molar-refractivity contribution in [2.75, 3.05) is 5.75 Å². The second kappa shape index (κ2) is 9.70. The van der Waals surface area contributed by atoms with E-state index in [-0.39, 0.29) is 6.42 Å². The molecule has 0 aromatic carbocycles. The molecule has 1 atom stereocenters. The first kappa shape index (κ1) is 19.8. The summed E-state index contributed by atoms with van der Waals surface area (Å²) in [6.45, 7) is 2.14. The summed E-state index contributed by atoms with van der Waals surface area (Å²) >= 11 is 0. The van der Waals surface area contributed by atoms with Gasteiger partial charge in [-0.25, -0.2) is 0 Å². The van der Waals surface area contributed by atoms with Crippen LogP contribution in [0, 0.1) is 0 Å². The SMILES string of the molecule is CCCCCCCCCCC(CS(=O)(=O)O)S(=O)(=O)O. The molecule has 0 aromatic rings. The van der Waals surface area contributed by atoms with Crippen molar-refractivity contribution < 1.29 is 25.9 Å². The largest absolute Gasteiger partial charge is 0.286 e. The molecular weight excluding hydrogens is 304 g/mol. The van der Waals surface area contributed by atoms with Crippen LogP contribution in [0.2, 0.25) is 0 Å². The minimum Gasteiger partial charge on any atom is -0.286 e. The summed E-state index contributed by atoms with van der Waals surface area (Å²) in [5.74, 6) is -0.942. The molecular formula is C12H26O6S2. The van der Waals surface area contributed by atoms with Crippen LogP contribution in [0.25, 0.3) is 0 Å². The van der Waals surface area contributed by atoms with Crippen LogP contribution >= 0.6 is 0 Å². The molecule has 0 rings (SSSR count). The zero-order chi connectivity index (χ0) is 15.6. The van der Waals surface area contributed by atoms with Crippen LogP contribution in [0.4, 0.5) is 0 Å². The molecule has 0 radical (unpaired) electrons. The Hall–Kier alpha value is -0.180. The van der Waals surface area contributed by atoms with E-state index in [1.807, 2.05) is 0 Å². The highest BCUT2D eigenvalue weighted by atomic mass is 32.2. The summed E-state index contributed by atoms with van der Waals surface area (Å²) in [5.41, 5.74) is 0. The van der Waals surface area contributed by atoms with E-state index in [2.05, 4.69) is 6.92 Å². The minimum absolute atomic E-state index is 0.0492. The van der Waals surface area contributed by atoms with Gasteiger partial charge in [-0.3, -0.25) is 9.11 Å². The Bertz CT molecular complexity index is 441. The van der Waals surface area contributed by atoms with E-state index in [1.54, 1.807) is 0 Å². The molecule has 0 bridgehead atoms. The first-order valence-corrected chi connectivity index (χ1v) is 10.2. The van der Waals surface area contributed by atoms with E-state index >= 15 is 0 Å². The maximum absolute atomic E-state index is 11.0. The monoisotopic (exact) mass is 330 g/mol. The fourth-order valence-corrected chi connectivity index (χ4v) is 4.36. The van der Waals surface area contributed by atoms with Gasteiger partial charge in [-0.2, -0.15) is 16.8 Å². The maximum Gasteiger partial charge on any atom is 0.268 e. The molecule has 0 spiro atoms. The van der Waals surface area contributed by atoms with Gasteiger partial charge in [-0.15, -0.1) is 0 Å². The number of hydrogen-bond acceptors (Lipinski definition) is 4. The van der Waals surface area contributed by atoms with E-state index in [9.17, 15) is 16.8 Å². The molecule has 0 aromatic heterocycles. The lowest BCUT2D eigenvalue weighted by molar-refractivity contribution is 0.448. The normalized spacial score (nSPS) is 14.3. The molecule has 0 saturated carbocycles. The second-order valence-electron chi connectivity index (χ2n) is 5.15. The Kier molecular flexibility index (Phi) is 9.61. The van der Waals surface area contributed by atoms with Gasteiger partial charge in [0.05, 0.1) is 5.75 Å². The zero-order valence-corrected chi connectivity index (χ0v) is 13.6. The smallest absolute Gasteiger partial charge is 0.268 e. The molecule has 0 aliphatic heterocycles. The van der Waals surface area contributed by atoms with Gasteiger partial charge in [0.25, 0.3) is 20.2 Å². The van der Waals surface area contributed by atoms with Crippen LogP contribution in [0.5, 0.6) is 0 Å². The highest BCUT2D eigenvalue weighted by molar-refractivity contribution is 7.90. The molecule has 8 heteroatoms. The van der Waals surface area contributed by atoms with Crippen LogP contribution in [0.1, 0.15) is 64.7 Å². The fourth-order valence-electron chi connectivity index (χ4n) is 2.06. The summed E-state index contributed by atoms with van der Waals surface area (Å²) in [6, 6.07) is 0. The highest BCUT2D eigenvalue weighted by Gasteiger charge is 2.27. The molecule has 6 nitrogen and oxygen atoms in total. The van der Waals surface area contributed by atoms with Crippen LogP contribution < -0.4 is 0 Å². The van der Waals surface area contributed by atoms with Crippen molar-refractivity contribution in [1.29, 1.82) is 0 Å². The van der Waals surface area contributed by atoms with E-state index in [4.69, 9.17) is 9.11 Å². The molecule has 0 aliphatic rings. The summed E-state index contributed by atoms with van der Waals surface area (Å²) in [6.07, 6.45) is 8.17. The highest BCUT2D eigenvalue weighted by Crippen LogP contribution is 2.15. The Morgan fingerprint density at radius 3 is 1.65 bits per heavy atom. The summed E-state index contributed by atoms with van der Waals surface area (Å²) < 4.78 is 61.1. The molecule has 122 valence electrons. The Morgan fingerprint density at radius 2 is 1.25 bits per heavy atom. The zero-order valence-electron chi connectivity index (χ0n) is 12.0. The van der Waals surface area contributed by atoms with Crippen molar-refractivity contribution in [3.63, 3.8) is 0 Å². The van der Waals surface area contributed by atoms with Crippen LogP contribution in [0.3, 0.4) is 0 Å². The third-order valence-corrected chi connectivity index (χ3v) is 5.48. The van der Waals surface area contributed by atoms with Crippen molar-refractivity contribution in [2.24, 2.45) is 0 Å². The summed E-state index contributed by atoms with van der Waals surface area (Å²) in [5, 5.41) is -1.43. The lowest BCUT2D eigenvalue weighted by Gasteiger charge is -2.11. The van der Waals surface area contributed by atoms with Crippen molar-refractivity contribution in [2.45, 2.75) is 70.0 Å². The van der Waals surface area contributed by atoms with Crippen molar-refractivity contribution in [3.8, 4) is 0 Å². The summed E-state index contributed by atoms with van der Waals surface area (Å²) in [4.78, 5) is 0. The van der Waals surface area contributed by atoms with Crippen molar-refractivity contribution in [3.05, 3.63) is 0 Å². The molecule has 0 saturated heterocycles. The van der Waals surface area contributed by atoms with E-state index in [0.29, 0.717) is 6.42 Å². The third-order valence-electron chi connectivity index (χ3n) is 3.20. The Labute approximate surface area is 122 Å². The first-order valence-electron chi connectivity index (χ1n) is 7.08. The first-order chi connectivity index (χ1) is 9.17. The molecule has 20 heavy (non-hydrogen) atoms. The van der Waals surface area contributed by atoms with Gasteiger partial charge < -0.3 is 0 Å². The van der Waals surface area contributed by atoms with Gasteiger partial charge in [0.1, 0.15) is 5.25 Å². The van der Waals surface area contributed by atoms with Crippen molar-refractivity contribution in [1.82, 2.24) is 0 Å². The molecule has 0 amide bonds. The van der Waals surface area contributed by atoms with E-state index < -0.39 is 31.2 Å². The topological polar surface area (TPSA) is 109 Å². The molecule has 0 aliphatic carbocycles. The third kappa shape index (κ3) is 11.6. The lowest BCUT2D eigenvalue weighted by atomic mass is 10.1. The van der Waals surface area contributed by atoms with Crippen molar-refractivity contribution >= 4 is 20.2 Å². The Balaban J connectivity index is 3.93. The van der Waals surface area contributed by atoms with Gasteiger partial charge in [-0.1, -0.05) is 58.3 Å². The predicted octanol–water partition coefficient (Wildman–Crippen LogP) is 2.66. The maximum atomic E-state index is 11.0. The number of hydrogen-bond donors (Lipinski definition) is 2. The minimum atomic E-state index is -4.44. The lowest BCUT2D eigenvalue weighted by Crippen LogP contribution is -2.29. The van der Waals surface area contributed by atoms with E-state index in [0.717, 1.165) is 25.7 Å². The molecule has 0 fully saturated rings.